The Morgan fingerprint density at radius 1 is 1.11 bits per heavy atom. The first-order valence-corrected chi connectivity index (χ1v) is 7.81. The minimum absolute atomic E-state index is 0.345. The number of hydrogen-bond acceptors (Lipinski definition) is 0. The van der Waals surface area contributed by atoms with Gasteiger partial charge in [-0.25, -0.2) is 0 Å². The van der Waals surface area contributed by atoms with Gasteiger partial charge in [0.15, 0.2) is 0 Å². The van der Waals surface area contributed by atoms with Gasteiger partial charge in [0.2, 0.25) is 0 Å². The van der Waals surface area contributed by atoms with Crippen molar-refractivity contribution in [3.63, 3.8) is 0 Å². The van der Waals surface area contributed by atoms with Gasteiger partial charge in [-0.2, -0.15) is 0 Å². The Labute approximate surface area is 128 Å². The van der Waals surface area contributed by atoms with Crippen molar-refractivity contribution in [1.82, 2.24) is 0 Å². The summed E-state index contributed by atoms with van der Waals surface area (Å²) in [6, 6.07) is 15.0. The molecule has 0 saturated heterocycles. The summed E-state index contributed by atoms with van der Waals surface area (Å²) in [7, 11) is 0. The van der Waals surface area contributed by atoms with Crippen LogP contribution in [0.4, 0.5) is 0 Å². The molecule has 0 radical (unpaired) electrons. The SMILES string of the molecule is Cc1ccc(C)c(CC(CCl)c2ccccc2Br)c1. The van der Waals surface area contributed by atoms with E-state index in [4.69, 9.17) is 11.6 Å². The lowest BCUT2D eigenvalue weighted by Gasteiger charge is -2.18. The molecule has 0 aromatic heterocycles. The lowest BCUT2D eigenvalue weighted by Crippen LogP contribution is -2.07. The Kier molecular flexibility index (Phi) is 5.06. The van der Waals surface area contributed by atoms with Crippen LogP contribution in [0.1, 0.15) is 28.2 Å². The molecule has 2 aromatic rings. The third-order valence-corrected chi connectivity index (χ3v) is 4.60. The quantitative estimate of drug-likeness (QED) is 0.634. The summed E-state index contributed by atoms with van der Waals surface area (Å²) in [4.78, 5) is 0. The van der Waals surface area contributed by atoms with Crippen LogP contribution in [0.5, 0.6) is 0 Å². The van der Waals surface area contributed by atoms with Crippen LogP contribution in [0.3, 0.4) is 0 Å². The van der Waals surface area contributed by atoms with Gasteiger partial charge in [0.1, 0.15) is 0 Å². The van der Waals surface area contributed by atoms with Crippen molar-refractivity contribution in [3.05, 3.63) is 69.2 Å². The van der Waals surface area contributed by atoms with E-state index in [0.29, 0.717) is 11.8 Å². The molecule has 2 aromatic carbocycles. The summed E-state index contributed by atoms with van der Waals surface area (Å²) < 4.78 is 1.14. The summed E-state index contributed by atoms with van der Waals surface area (Å²) in [6.07, 6.45) is 0.986. The van der Waals surface area contributed by atoms with Gasteiger partial charge in [0.05, 0.1) is 0 Å². The van der Waals surface area contributed by atoms with Gasteiger partial charge in [-0.15, -0.1) is 11.6 Å². The summed E-state index contributed by atoms with van der Waals surface area (Å²) in [5.74, 6) is 0.980. The Morgan fingerprint density at radius 3 is 2.53 bits per heavy atom. The standard InChI is InChI=1S/C17H18BrCl/c1-12-7-8-13(2)14(9-12)10-15(11-19)16-5-3-4-6-17(16)18/h3-9,15H,10-11H2,1-2H3. The average Bonchev–Trinajstić information content (AvgIpc) is 2.41. The van der Waals surface area contributed by atoms with Crippen LogP contribution in [0.25, 0.3) is 0 Å². The molecule has 1 atom stereocenters. The molecule has 0 nitrogen and oxygen atoms in total. The van der Waals surface area contributed by atoms with E-state index in [-0.39, 0.29) is 0 Å². The molecule has 0 heterocycles. The molecule has 0 bridgehead atoms. The number of hydrogen-bond donors (Lipinski definition) is 0. The van der Waals surface area contributed by atoms with Crippen molar-refractivity contribution in [1.29, 1.82) is 0 Å². The van der Waals surface area contributed by atoms with E-state index in [0.717, 1.165) is 10.9 Å². The highest BCUT2D eigenvalue weighted by Gasteiger charge is 2.15. The van der Waals surface area contributed by atoms with E-state index in [1.54, 1.807) is 0 Å². The van der Waals surface area contributed by atoms with Gasteiger partial charge in [-0.1, -0.05) is 57.9 Å². The number of halogens is 2. The summed E-state index contributed by atoms with van der Waals surface area (Å²) >= 11 is 9.82. The number of alkyl halides is 1. The summed E-state index contributed by atoms with van der Waals surface area (Å²) in [5.41, 5.74) is 5.33. The summed E-state index contributed by atoms with van der Waals surface area (Å²) in [5, 5.41) is 0. The fourth-order valence-corrected chi connectivity index (χ4v) is 3.22. The molecule has 0 saturated carbocycles. The Morgan fingerprint density at radius 2 is 1.84 bits per heavy atom. The van der Waals surface area contributed by atoms with E-state index < -0.39 is 0 Å². The fraction of sp³-hybridized carbons (Fsp3) is 0.294. The first-order valence-electron chi connectivity index (χ1n) is 6.48. The van der Waals surface area contributed by atoms with Crippen molar-refractivity contribution in [2.24, 2.45) is 0 Å². The molecular formula is C17H18BrCl. The highest BCUT2D eigenvalue weighted by Crippen LogP contribution is 2.29. The molecular weight excluding hydrogens is 320 g/mol. The van der Waals surface area contributed by atoms with Gasteiger partial charge in [-0.05, 0) is 43.0 Å². The molecule has 0 amide bonds. The van der Waals surface area contributed by atoms with Crippen LogP contribution >= 0.6 is 27.5 Å². The fourth-order valence-electron chi connectivity index (χ4n) is 2.34. The normalized spacial score (nSPS) is 12.4. The molecule has 0 aliphatic rings. The van der Waals surface area contributed by atoms with E-state index in [1.807, 2.05) is 6.07 Å². The Bertz CT molecular complexity index is 563. The van der Waals surface area contributed by atoms with Crippen LogP contribution in [-0.4, -0.2) is 5.88 Å². The number of benzene rings is 2. The molecule has 0 fully saturated rings. The second-order valence-corrected chi connectivity index (χ2v) is 6.17. The average molecular weight is 338 g/mol. The van der Waals surface area contributed by atoms with Crippen LogP contribution < -0.4 is 0 Å². The highest BCUT2D eigenvalue weighted by molar-refractivity contribution is 9.10. The third-order valence-electron chi connectivity index (χ3n) is 3.50. The van der Waals surface area contributed by atoms with Crippen LogP contribution in [0.2, 0.25) is 0 Å². The molecule has 2 rings (SSSR count). The molecule has 2 heteroatoms. The monoisotopic (exact) mass is 336 g/mol. The third kappa shape index (κ3) is 3.61. The zero-order chi connectivity index (χ0) is 13.8. The maximum atomic E-state index is 6.20. The maximum absolute atomic E-state index is 6.20. The predicted octanol–water partition coefficient (Wildman–Crippen LogP) is 5.63. The second-order valence-electron chi connectivity index (χ2n) is 5.01. The largest absolute Gasteiger partial charge is 0.126 e. The van der Waals surface area contributed by atoms with Gasteiger partial charge < -0.3 is 0 Å². The molecule has 0 aliphatic carbocycles. The minimum atomic E-state index is 0.345. The summed E-state index contributed by atoms with van der Waals surface area (Å²) in [6.45, 7) is 4.30. The first-order chi connectivity index (χ1) is 9.11. The van der Waals surface area contributed by atoms with E-state index in [2.05, 4.69) is 66.2 Å². The topological polar surface area (TPSA) is 0 Å². The number of aryl methyl sites for hydroxylation is 2. The van der Waals surface area contributed by atoms with E-state index in [9.17, 15) is 0 Å². The van der Waals surface area contributed by atoms with Crippen LogP contribution in [0, 0.1) is 13.8 Å². The van der Waals surface area contributed by atoms with Gasteiger partial charge in [0.25, 0.3) is 0 Å². The Balaban J connectivity index is 2.29. The van der Waals surface area contributed by atoms with Crippen molar-refractivity contribution < 1.29 is 0 Å². The predicted molar refractivity (Wildman–Crippen MR) is 87.2 cm³/mol. The van der Waals surface area contributed by atoms with Gasteiger partial charge in [0, 0.05) is 16.3 Å². The zero-order valence-electron chi connectivity index (χ0n) is 11.3. The zero-order valence-corrected chi connectivity index (χ0v) is 13.6. The van der Waals surface area contributed by atoms with Crippen molar-refractivity contribution >= 4 is 27.5 Å². The maximum Gasteiger partial charge on any atom is 0.0295 e. The molecule has 1 unspecified atom stereocenters. The second kappa shape index (κ2) is 6.58. The van der Waals surface area contributed by atoms with Crippen LogP contribution in [0.15, 0.2) is 46.9 Å². The van der Waals surface area contributed by atoms with Crippen molar-refractivity contribution in [2.75, 3.05) is 5.88 Å². The Hall–Kier alpha value is -0.790. The van der Waals surface area contributed by atoms with E-state index >= 15 is 0 Å². The van der Waals surface area contributed by atoms with Crippen molar-refractivity contribution in [3.8, 4) is 0 Å². The minimum Gasteiger partial charge on any atom is -0.126 e. The first kappa shape index (κ1) is 14.6. The molecule has 100 valence electrons. The van der Waals surface area contributed by atoms with E-state index in [1.165, 1.54) is 22.3 Å². The van der Waals surface area contributed by atoms with Crippen LogP contribution in [-0.2, 0) is 6.42 Å². The molecule has 0 spiro atoms. The lowest BCUT2D eigenvalue weighted by atomic mass is 9.91. The lowest BCUT2D eigenvalue weighted by molar-refractivity contribution is 0.758. The molecule has 0 aliphatic heterocycles. The molecule has 0 N–H and O–H groups in total. The van der Waals surface area contributed by atoms with Gasteiger partial charge >= 0.3 is 0 Å². The molecule has 19 heavy (non-hydrogen) atoms. The smallest absolute Gasteiger partial charge is 0.0295 e. The van der Waals surface area contributed by atoms with Gasteiger partial charge in [-0.3, -0.25) is 0 Å². The van der Waals surface area contributed by atoms with Crippen molar-refractivity contribution in [2.45, 2.75) is 26.2 Å². The number of rotatable bonds is 4. The highest BCUT2D eigenvalue weighted by atomic mass is 79.9.